The molecule has 0 aliphatic carbocycles. The third kappa shape index (κ3) is 3.94. The Kier molecular flexibility index (Phi) is 4.93. The fraction of sp³-hybridized carbons (Fsp3) is 0.312. The highest BCUT2D eigenvalue weighted by molar-refractivity contribution is 5.89. The number of nitrogens with zero attached hydrogens (tertiary/aromatic N) is 2. The molecule has 1 aromatic carbocycles. The van der Waals surface area contributed by atoms with Gasteiger partial charge in [0.2, 0.25) is 5.76 Å². The SMILES string of the molecule is Cc1cc(C(=O)O[C@@H](C)C(=O)N(C)Cc2ccccc2)on1. The first-order valence-corrected chi connectivity index (χ1v) is 6.90. The van der Waals surface area contributed by atoms with Crippen LogP contribution in [-0.2, 0) is 16.1 Å². The molecule has 0 aliphatic heterocycles. The summed E-state index contributed by atoms with van der Waals surface area (Å²) >= 11 is 0. The molecule has 0 spiro atoms. The molecule has 0 aliphatic rings. The minimum absolute atomic E-state index is 0.0112. The van der Waals surface area contributed by atoms with Crippen LogP contribution in [0.3, 0.4) is 0 Å². The number of aromatic nitrogens is 1. The van der Waals surface area contributed by atoms with Gasteiger partial charge in [0.25, 0.3) is 5.91 Å². The normalized spacial score (nSPS) is 11.8. The molecule has 0 radical (unpaired) electrons. The predicted molar refractivity (Wildman–Crippen MR) is 79.0 cm³/mol. The van der Waals surface area contributed by atoms with Gasteiger partial charge < -0.3 is 14.2 Å². The van der Waals surface area contributed by atoms with Crippen molar-refractivity contribution in [1.29, 1.82) is 0 Å². The minimum Gasteiger partial charge on any atom is -0.447 e. The molecular weight excluding hydrogens is 284 g/mol. The van der Waals surface area contributed by atoms with Crippen LogP contribution in [0.25, 0.3) is 0 Å². The van der Waals surface area contributed by atoms with Crippen molar-refractivity contribution in [2.45, 2.75) is 26.5 Å². The summed E-state index contributed by atoms with van der Waals surface area (Å²) in [5, 5.41) is 3.61. The molecule has 1 heterocycles. The minimum atomic E-state index is -0.897. The first kappa shape index (κ1) is 15.8. The number of rotatable bonds is 5. The van der Waals surface area contributed by atoms with Crippen molar-refractivity contribution in [3.05, 3.63) is 53.4 Å². The van der Waals surface area contributed by atoms with Crippen molar-refractivity contribution in [3.63, 3.8) is 0 Å². The molecule has 0 bridgehead atoms. The quantitative estimate of drug-likeness (QED) is 0.792. The van der Waals surface area contributed by atoms with E-state index in [-0.39, 0.29) is 11.7 Å². The van der Waals surface area contributed by atoms with Crippen LogP contribution in [0.4, 0.5) is 0 Å². The molecule has 116 valence electrons. The second-order valence-electron chi connectivity index (χ2n) is 5.06. The van der Waals surface area contributed by atoms with Crippen LogP contribution in [0.5, 0.6) is 0 Å². The highest BCUT2D eigenvalue weighted by atomic mass is 16.6. The van der Waals surface area contributed by atoms with E-state index in [4.69, 9.17) is 9.26 Å². The molecule has 0 N–H and O–H groups in total. The van der Waals surface area contributed by atoms with E-state index in [1.54, 1.807) is 14.0 Å². The molecule has 2 aromatic rings. The van der Waals surface area contributed by atoms with Crippen LogP contribution in [0, 0.1) is 6.92 Å². The third-order valence-electron chi connectivity index (χ3n) is 3.10. The number of esters is 1. The second kappa shape index (κ2) is 6.89. The standard InChI is InChI=1S/C16H18N2O4/c1-11-9-14(22-17-11)16(20)21-12(2)15(19)18(3)10-13-7-5-4-6-8-13/h4-9,12H,10H2,1-3H3/t12-/m0/s1. The van der Waals surface area contributed by atoms with Crippen LogP contribution in [-0.4, -0.2) is 35.1 Å². The second-order valence-corrected chi connectivity index (χ2v) is 5.06. The molecule has 0 saturated carbocycles. The van der Waals surface area contributed by atoms with Crippen LogP contribution >= 0.6 is 0 Å². The molecule has 6 heteroatoms. The van der Waals surface area contributed by atoms with E-state index in [0.29, 0.717) is 12.2 Å². The third-order valence-corrected chi connectivity index (χ3v) is 3.10. The Morgan fingerprint density at radius 2 is 2.00 bits per heavy atom. The van der Waals surface area contributed by atoms with E-state index in [1.165, 1.54) is 17.9 Å². The maximum atomic E-state index is 12.2. The Bertz CT molecular complexity index is 651. The van der Waals surface area contributed by atoms with Gasteiger partial charge in [0.15, 0.2) is 6.10 Å². The van der Waals surface area contributed by atoms with E-state index in [9.17, 15) is 9.59 Å². The number of hydrogen-bond acceptors (Lipinski definition) is 5. The smallest absolute Gasteiger partial charge is 0.377 e. The Morgan fingerprint density at radius 1 is 1.32 bits per heavy atom. The molecule has 0 unspecified atom stereocenters. The Morgan fingerprint density at radius 3 is 2.59 bits per heavy atom. The summed E-state index contributed by atoms with van der Waals surface area (Å²) in [7, 11) is 1.66. The van der Waals surface area contributed by atoms with Gasteiger partial charge >= 0.3 is 5.97 Å². The van der Waals surface area contributed by atoms with E-state index >= 15 is 0 Å². The van der Waals surface area contributed by atoms with Gasteiger partial charge in [-0.1, -0.05) is 35.5 Å². The van der Waals surface area contributed by atoms with E-state index < -0.39 is 12.1 Å². The van der Waals surface area contributed by atoms with Crippen molar-refractivity contribution in [1.82, 2.24) is 10.1 Å². The number of carbonyl (C=O) groups is 2. The molecule has 2 rings (SSSR count). The predicted octanol–water partition coefficient (Wildman–Crippen LogP) is 2.19. The average Bonchev–Trinajstić information content (AvgIpc) is 2.94. The fourth-order valence-corrected chi connectivity index (χ4v) is 1.97. The van der Waals surface area contributed by atoms with Crippen LogP contribution in [0.2, 0.25) is 0 Å². The van der Waals surface area contributed by atoms with E-state index in [1.807, 2.05) is 30.3 Å². The summed E-state index contributed by atoms with van der Waals surface area (Å²) in [6.45, 7) is 3.68. The Hall–Kier alpha value is -2.63. The number of benzene rings is 1. The van der Waals surface area contributed by atoms with Gasteiger partial charge in [0, 0.05) is 19.7 Å². The van der Waals surface area contributed by atoms with Gasteiger partial charge in [-0.15, -0.1) is 0 Å². The van der Waals surface area contributed by atoms with Crippen LogP contribution in [0.1, 0.15) is 28.7 Å². The molecule has 0 saturated heterocycles. The Balaban J connectivity index is 1.92. The molecule has 6 nitrogen and oxygen atoms in total. The molecule has 22 heavy (non-hydrogen) atoms. The lowest BCUT2D eigenvalue weighted by molar-refractivity contribution is -0.139. The average molecular weight is 302 g/mol. The number of carbonyl (C=O) groups excluding carboxylic acids is 2. The highest BCUT2D eigenvalue weighted by Crippen LogP contribution is 2.09. The summed E-state index contributed by atoms with van der Waals surface area (Å²) in [5.41, 5.74) is 1.58. The van der Waals surface area contributed by atoms with E-state index in [0.717, 1.165) is 5.56 Å². The lowest BCUT2D eigenvalue weighted by Crippen LogP contribution is -2.37. The van der Waals surface area contributed by atoms with Crippen LogP contribution < -0.4 is 0 Å². The largest absolute Gasteiger partial charge is 0.447 e. The summed E-state index contributed by atoms with van der Waals surface area (Å²) in [4.78, 5) is 25.6. The Labute approximate surface area is 128 Å². The van der Waals surface area contributed by atoms with Gasteiger partial charge in [-0.25, -0.2) is 4.79 Å². The summed E-state index contributed by atoms with van der Waals surface area (Å²) in [6.07, 6.45) is -0.897. The van der Waals surface area contributed by atoms with Gasteiger partial charge in [0.05, 0.1) is 5.69 Å². The molecule has 0 fully saturated rings. The van der Waals surface area contributed by atoms with E-state index in [2.05, 4.69) is 5.16 Å². The zero-order chi connectivity index (χ0) is 16.1. The summed E-state index contributed by atoms with van der Waals surface area (Å²) < 4.78 is 9.92. The zero-order valence-corrected chi connectivity index (χ0v) is 12.8. The number of hydrogen-bond donors (Lipinski definition) is 0. The summed E-state index contributed by atoms with van der Waals surface area (Å²) in [6, 6.07) is 11.0. The first-order valence-electron chi connectivity index (χ1n) is 6.90. The van der Waals surface area contributed by atoms with Crippen molar-refractivity contribution in [3.8, 4) is 0 Å². The van der Waals surface area contributed by atoms with Crippen molar-refractivity contribution in [2.75, 3.05) is 7.05 Å². The van der Waals surface area contributed by atoms with Gasteiger partial charge in [-0.2, -0.15) is 0 Å². The monoisotopic (exact) mass is 302 g/mol. The van der Waals surface area contributed by atoms with Crippen LogP contribution in [0.15, 0.2) is 40.9 Å². The lowest BCUT2D eigenvalue weighted by atomic mass is 10.2. The van der Waals surface area contributed by atoms with Crippen molar-refractivity contribution in [2.24, 2.45) is 0 Å². The number of aryl methyl sites for hydroxylation is 1. The van der Waals surface area contributed by atoms with Gasteiger partial charge in [-0.3, -0.25) is 4.79 Å². The van der Waals surface area contributed by atoms with Gasteiger partial charge in [0.1, 0.15) is 0 Å². The van der Waals surface area contributed by atoms with Crippen molar-refractivity contribution < 1.29 is 18.8 Å². The first-order chi connectivity index (χ1) is 10.5. The topological polar surface area (TPSA) is 72.6 Å². The molecule has 1 amide bonds. The maximum Gasteiger partial charge on any atom is 0.377 e. The summed E-state index contributed by atoms with van der Waals surface area (Å²) in [5.74, 6) is -0.995. The number of likely N-dealkylation sites (N-methyl/N-ethyl adjacent to an activating group) is 1. The number of ether oxygens (including phenoxy) is 1. The number of amides is 1. The van der Waals surface area contributed by atoms with Crippen molar-refractivity contribution >= 4 is 11.9 Å². The molecule has 1 atom stereocenters. The maximum absolute atomic E-state index is 12.2. The molecular formula is C16H18N2O4. The fourth-order valence-electron chi connectivity index (χ4n) is 1.97. The lowest BCUT2D eigenvalue weighted by Gasteiger charge is -2.21. The molecule has 1 aromatic heterocycles. The van der Waals surface area contributed by atoms with Gasteiger partial charge in [-0.05, 0) is 19.4 Å². The highest BCUT2D eigenvalue weighted by Gasteiger charge is 2.24. The zero-order valence-electron chi connectivity index (χ0n) is 12.8.